The molecule has 302 valence electrons. The second-order valence-electron chi connectivity index (χ2n) is 14.6. The van der Waals surface area contributed by atoms with Crippen LogP contribution in [0.2, 0.25) is 0 Å². The number of hydrogen-bond acceptors (Lipinski definition) is 6. The number of hydrogen-bond donors (Lipinski definition) is 3. The minimum atomic E-state index is -0.250. The highest BCUT2D eigenvalue weighted by molar-refractivity contribution is 5.52. The highest BCUT2D eigenvalue weighted by Crippen LogP contribution is 2.24. The fraction of sp³-hybridized carbons (Fsp3) is 0.864. The van der Waals surface area contributed by atoms with Gasteiger partial charge >= 0.3 is 0 Å². The van der Waals surface area contributed by atoms with Crippen LogP contribution in [0.3, 0.4) is 0 Å². The Kier molecular flexibility index (Phi) is 47.0. The second-order valence-corrected chi connectivity index (χ2v) is 14.6. The predicted molar refractivity (Wildman–Crippen MR) is 222 cm³/mol. The molecule has 1 atom stereocenters. The normalized spacial score (nSPS) is 13.7. The lowest BCUT2D eigenvalue weighted by atomic mass is 9.90. The van der Waals surface area contributed by atoms with Gasteiger partial charge in [-0.3, -0.25) is 9.63 Å². The van der Waals surface area contributed by atoms with E-state index >= 15 is 0 Å². The summed E-state index contributed by atoms with van der Waals surface area (Å²) in [5, 5.41) is 24.5. The van der Waals surface area contributed by atoms with Crippen molar-refractivity contribution in [3.8, 4) is 0 Å². The minimum absolute atomic E-state index is 0.188. The number of nitrogens with zero attached hydrogens (tertiary/aromatic N) is 2. The van der Waals surface area contributed by atoms with E-state index in [0.29, 0.717) is 6.61 Å². The molecule has 0 aliphatic carbocycles. The Labute approximate surface area is 317 Å². The zero-order valence-corrected chi connectivity index (χ0v) is 34.2. The van der Waals surface area contributed by atoms with Gasteiger partial charge in [0.2, 0.25) is 0 Å². The topological polar surface area (TPSA) is 97.1 Å². The quantitative estimate of drug-likeness (QED) is 0.0198. The van der Waals surface area contributed by atoms with Crippen molar-refractivity contribution in [1.82, 2.24) is 9.96 Å². The fourth-order valence-electron chi connectivity index (χ4n) is 6.72. The van der Waals surface area contributed by atoms with Crippen LogP contribution in [0.5, 0.6) is 0 Å². The largest absolute Gasteiger partial charge is 0.483 e. The van der Waals surface area contributed by atoms with Crippen molar-refractivity contribution in [1.29, 1.82) is 5.41 Å². The maximum absolute atomic E-state index is 8.38. The highest BCUT2D eigenvalue weighted by Gasteiger charge is 2.13. The van der Waals surface area contributed by atoms with Crippen LogP contribution in [0.1, 0.15) is 194 Å². The van der Waals surface area contributed by atoms with Gasteiger partial charge in [-0.2, -0.15) is 5.06 Å². The molecule has 0 aromatic heterocycles. The maximum atomic E-state index is 8.38. The number of unbranched alkanes of at least 4 members (excludes halogenated alkanes) is 18. The smallest absolute Gasteiger partial charge is 0.290 e. The Morgan fingerprint density at radius 3 is 1.69 bits per heavy atom. The molecule has 1 saturated heterocycles. The summed E-state index contributed by atoms with van der Waals surface area (Å²) in [5.41, 5.74) is 0. The lowest BCUT2D eigenvalue weighted by Crippen LogP contribution is -2.21. The molecule has 0 aromatic carbocycles. The Balaban J connectivity index is 0. The number of allylic oxidation sites excluding steroid dienone is 2. The first-order valence-corrected chi connectivity index (χ1v) is 21.6. The third-order valence-electron chi connectivity index (χ3n) is 9.86. The van der Waals surface area contributed by atoms with Crippen LogP contribution in [0.4, 0.5) is 0 Å². The van der Waals surface area contributed by atoms with Crippen molar-refractivity contribution >= 4 is 12.7 Å². The monoisotopic (exact) mass is 722 g/mol. The molecule has 1 aliphatic heterocycles. The minimum Gasteiger partial charge on any atom is -0.483 e. The molecule has 1 fully saturated rings. The molecule has 0 bridgehead atoms. The summed E-state index contributed by atoms with van der Waals surface area (Å²) in [5.74, 6) is 0.954. The fourth-order valence-corrected chi connectivity index (χ4v) is 6.72. The number of aliphatic hydroxyl groups excluding tert-OH is 1. The summed E-state index contributed by atoms with van der Waals surface area (Å²) >= 11 is 0. The Hall–Kier alpha value is -1.54. The van der Waals surface area contributed by atoms with Crippen LogP contribution in [-0.2, 0) is 9.63 Å². The third kappa shape index (κ3) is 44.5. The molecule has 1 unspecified atom stereocenters. The second kappa shape index (κ2) is 46.5. The van der Waals surface area contributed by atoms with Crippen LogP contribution in [-0.4, -0.2) is 79.3 Å². The molecule has 0 amide bonds. The lowest BCUT2D eigenvalue weighted by Gasteiger charge is -2.20. The van der Waals surface area contributed by atoms with Crippen LogP contribution in [0.15, 0.2) is 24.3 Å². The van der Waals surface area contributed by atoms with Gasteiger partial charge in [0.05, 0.1) is 13.2 Å². The summed E-state index contributed by atoms with van der Waals surface area (Å²) in [6.07, 6.45) is 47.3. The van der Waals surface area contributed by atoms with E-state index in [4.69, 9.17) is 25.3 Å². The molecule has 1 heterocycles. The molecule has 7 nitrogen and oxygen atoms in total. The molecule has 7 heteroatoms. The van der Waals surface area contributed by atoms with E-state index in [1.165, 1.54) is 187 Å². The molecule has 3 N–H and O–H groups in total. The summed E-state index contributed by atoms with van der Waals surface area (Å²) in [4.78, 5) is 16.9. The molecule has 0 aromatic rings. The average Bonchev–Trinajstić information content (AvgIpc) is 3.65. The SMILES string of the molecule is CCCCCC/C=C\CO.CCCCCC/C=C\CON(C)CCCCCCCCC(CCCCCCCC=N)CCCN1CCCC1.O=CO. The molecule has 1 rings (SSSR count). The van der Waals surface area contributed by atoms with Crippen LogP contribution >= 0.6 is 0 Å². The first kappa shape index (κ1) is 51.6. The number of aliphatic hydroxyl groups is 1. The number of likely N-dealkylation sites (tertiary alicyclic amines) is 1. The van der Waals surface area contributed by atoms with Gasteiger partial charge < -0.3 is 20.5 Å². The summed E-state index contributed by atoms with van der Waals surface area (Å²) in [6.45, 7) is 10.2. The zero-order chi connectivity index (χ0) is 37.7. The number of rotatable bonds is 35. The maximum Gasteiger partial charge on any atom is 0.290 e. The van der Waals surface area contributed by atoms with E-state index in [-0.39, 0.29) is 13.1 Å². The van der Waals surface area contributed by atoms with Crippen molar-refractivity contribution in [3.63, 3.8) is 0 Å². The summed E-state index contributed by atoms with van der Waals surface area (Å²) in [7, 11) is 2.08. The first-order valence-electron chi connectivity index (χ1n) is 21.6. The highest BCUT2D eigenvalue weighted by atomic mass is 16.7. The Bertz CT molecular complexity index is 727. The van der Waals surface area contributed by atoms with E-state index in [1.807, 2.05) is 11.1 Å². The predicted octanol–water partition coefficient (Wildman–Crippen LogP) is 12.2. The van der Waals surface area contributed by atoms with Gasteiger partial charge in [-0.15, -0.1) is 0 Å². The molecule has 0 radical (unpaired) electrons. The van der Waals surface area contributed by atoms with E-state index in [0.717, 1.165) is 25.3 Å². The van der Waals surface area contributed by atoms with E-state index < -0.39 is 0 Å². The zero-order valence-electron chi connectivity index (χ0n) is 34.2. The number of carboxylic acid groups (broad SMARTS) is 1. The molecule has 1 aliphatic rings. The molecule has 51 heavy (non-hydrogen) atoms. The van der Waals surface area contributed by atoms with Crippen molar-refractivity contribution in [2.24, 2.45) is 5.92 Å². The van der Waals surface area contributed by atoms with Gasteiger partial charge in [0.25, 0.3) is 6.47 Å². The summed E-state index contributed by atoms with van der Waals surface area (Å²) in [6, 6.07) is 0. The Morgan fingerprint density at radius 1 is 0.667 bits per heavy atom. The molecular formula is C44H87N3O4. The molecule has 0 spiro atoms. The van der Waals surface area contributed by atoms with Crippen LogP contribution in [0, 0.1) is 11.3 Å². The average molecular weight is 722 g/mol. The van der Waals surface area contributed by atoms with Crippen LogP contribution in [0.25, 0.3) is 0 Å². The standard InChI is InChI=1S/C34H67N3O.C9H18O.CH2O2/c1-3-4-5-6-11-16-23-33-38-36(2)29-20-15-10-8-13-18-26-34(25-17-12-7-9-14-19-28-35)27-24-32-37-30-21-22-31-37;1-2-3-4-5-6-7-8-9-10;2-1-3/h16,23,28,34-35H,3-15,17-22,24-27,29-33H2,1-2H3;7-8,10H,2-6,9H2,1H3;1H,(H,2,3)/b23-16-,35-28?;8-7-;. The Morgan fingerprint density at radius 2 is 1.14 bits per heavy atom. The molecular weight excluding hydrogens is 635 g/mol. The van der Waals surface area contributed by atoms with Gasteiger partial charge in [-0.05, 0) is 102 Å². The van der Waals surface area contributed by atoms with Gasteiger partial charge in [0, 0.05) is 13.6 Å². The van der Waals surface area contributed by atoms with Crippen molar-refractivity contribution < 1.29 is 19.8 Å². The van der Waals surface area contributed by atoms with Gasteiger partial charge in [0.1, 0.15) is 0 Å². The van der Waals surface area contributed by atoms with Gasteiger partial charge in [-0.25, -0.2) is 0 Å². The van der Waals surface area contributed by atoms with E-state index in [9.17, 15) is 0 Å². The van der Waals surface area contributed by atoms with Crippen molar-refractivity contribution in [2.45, 2.75) is 194 Å². The first-order chi connectivity index (χ1) is 25.1. The lowest BCUT2D eigenvalue weighted by molar-refractivity contribution is -0.128. The summed E-state index contributed by atoms with van der Waals surface area (Å²) < 4.78 is 0. The third-order valence-corrected chi connectivity index (χ3v) is 9.86. The van der Waals surface area contributed by atoms with Crippen molar-refractivity contribution in [2.75, 3.05) is 46.4 Å². The molecule has 0 saturated carbocycles. The number of carbonyl (C=O) groups is 1. The van der Waals surface area contributed by atoms with Gasteiger partial charge in [0.15, 0.2) is 0 Å². The van der Waals surface area contributed by atoms with Crippen LogP contribution < -0.4 is 0 Å². The van der Waals surface area contributed by atoms with Crippen molar-refractivity contribution in [3.05, 3.63) is 24.3 Å². The number of nitrogens with one attached hydrogen (secondary N) is 1. The number of hydroxylamine groups is 2. The van der Waals surface area contributed by atoms with Gasteiger partial charge in [-0.1, -0.05) is 147 Å². The van der Waals surface area contributed by atoms with E-state index in [1.54, 1.807) is 6.21 Å². The van der Waals surface area contributed by atoms with E-state index in [2.05, 4.69) is 44.0 Å².